The average Bonchev–Trinajstić information content (AvgIpc) is 2.34. The maximum absolute atomic E-state index is 13.4. The van der Waals surface area contributed by atoms with Crippen LogP contribution in [0.2, 0.25) is 0 Å². The number of hydrogen-bond acceptors (Lipinski definition) is 3. The summed E-state index contributed by atoms with van der Waals surface area (Å²) < 4.78 is 31.4. The number of nitrogens with one attached hydrogen (secondary N) is 1. The van der Waals surface area contributed by atoms with E-state index in [0.29, 0.717) is 0 Å². The highest BCUT2D eigenvalue weighted by Crippen LogP contribution is 2.13. The fraction of sp³-hybridized carbons (Fsp3) is 0.385. The fourth-order valence-corrected chi connectivity index (χ4v) is 1.55. The largest absolute Gasteiger partial charge is 0.467 e. The Morgan fingerprint density at radius 1 is 1.21 bits per heavy atom. The van der Waals surface area contributed by atoms with Gasteiger partial charge in [-0.2, -0.15) is 0 Å². The van der Waals surface area contributed by atoms with E-state index in [1.807, 2.05) is 0 Å². The summed E-state index contributed by atoms with van der Waals surface area (Å²) in [5, 5.41) is 2.27. The van der Waals surface area contributed by atoms with Gasteiger partial charge in [0.25, 0.3) is 5.91 Å². The minimum atomic E-state index is -0.986. The highest BCUT2D eigenvalue weighted by Gasteiger charge is 2.27. The summed E-state index contributed by atoms with van der Waals surface area (Å²) in [6.45, 7) is 3.36. The van der Waals surface area contributed by atoms with Crippen LogP contribution in [0.4, 0.5) is 8.78 Å². The predicted octanol–water partition coefficient (Wildman–Crippen LogP) is 1.89. The van der Waals surface area contributed by atoms with Gasteiger partial charge in [-0.05, 0) is 18.1 Å². The Kier molecular flexibility index (Phi) is 4.97. The molecule has 19 heavy (non-hydrogen) atoms. The Balaban J connectivity index is 2.98. The third kappa shape index (κ3) is 3.49. The number of esters is 1. The maximum Gasteiger partial charge on any atom is 0.328 e. The van der Waals surface area contributed by atoms with Crippen molar-refractivity contribution < 1.29 is 23.1 Å². The normalized spacial score (nSPS) is 12.1. The van der Waals surface area contributed by atoms with Gasteiger partial charge in [-0.1, -0.05) is 19.9 Å². The number of rotatable bonds is 4. The van der Waals surface area contributed by atoms with E-state index >= 15 is 0 Å². The molecule has 4 nitrogen and oxygen atoms in total. The van der Waals surface area contributed by atoms with Gasteiger partial charge in [-0.3, -0.25) is 4.79 Å². The number of benzene rings is 1. The molecular formula is C13H15F2NO3. The van der Waals surface area contributed by atoms with Crippen LogP contribution in [0.5, 0.6) is 0 Å². The Morgan fingerprint density at radius 3 is 2.16 bits per heavy atom. The molecule has 0 aromatic heterocycles. The van der Waals surface area contributed by atoms with Gasteiger partial charge in [0.1, 0.15) is 23.2 Å². The summed E-state index contributed by atoms with van der Waals surface area (Å²) >= 11 is 0. The zero-order chi connectivity index (χ0) is 14.6. The number of carbonyl (C=O) groups is 2. The van der Waals surface area contributed by atoms with Crippen molar-refractivity contribution in [2.24, 2.45) is 5.92 Å². The highest BCUT2D eigenvalue weighted by molar-refractivity contribution is 5.97. The summed E-state index contributed by atoms with van der Waals surface area (Å²) in [6.07, 6.45) is 0. The molecule has 0 aliphatic rings. The van der Waals surface area contributed by atoms with Gasteiger partial charge < -0.3 is 10.1 Å². The SMILES string of the molecule is COC(=O)[C@@H](NC(=O)c1c(F)cccc1F)C(C)C. The lowest BCUT2D eigenvalue weighted by atomic mass is 10.0. The molecule has 6 heteroatoms. The molecule has 0 saturated heterocycles. The van der Waals surface area contributed by atoms with Crippen molar-refractivity contribution in [2.75, 3.05) is 7.11 Å². The van der Waals surface area contributed by atoms with E-state index in [9.17, 15) is 18.4 Å². The Hall–Kier alpha value is -1.98. The van der Waals surface area contributed by atoms with Gasteiger partial charge in [0, 0.05) is 0 Å². The quantitative estimate of drug-likeness (QED) is 0.851. The topological polar surface area (TPSA) is 55.4 Å². The fourth-order valence-electron chi connectivity index (χ4n) is 1.55. The molecule has 0 bridgehead atoms. The Bertz CT molecular complexity index is 469. The van der Waals surface area contributed by atoms with Crippen LogP contribution in [-0.2, 0) is 9.53 Å². The second-order valence-corrected chi connectivity index (χ2v) is 4.31. The van der Waals surface area contributed by atoms with Gasteiger partial charge in [0.2, 0.25) is 0 Å². The van der Waals surface area contributed by atoms with Crippen LogP contribution in [0.3, 0.4) is 0 Å². The monoisotopic (exact) mass is 271 g/mol. The maximum atomic E-state index is 13.4. The third-order valence-electron chi connectivity index (χ3n) is 2.60. The molecule has 1 N–H and O–H groups in total. The van der Waals surface area contributed by atoms with Crippen molar-refractivity contribution in [1.29, 1.82) is 0 Å². The molecule has 0 unspecified atom stereocenters. The molecule has 0 saturated carbocycles. The van der Waals surface area contributed by atoms with Gasteiger partial charge in [0.05, 0.1) is 7.11 Å². The predicted molar refractivity (Wildman–Crippen MR) is 64.5 cm³/mol. The van der Waals surface area contributed by atoms with Crippen LogP contribution in [0, 0.1) is 17.6 Å². The molecule has 0 spiro atoms. The van der Waals surface area contributed by atoms with Crippen molar-refractivity contribution in [1.82, 2.24) is 5.32 Å². The number of carbonyl (C=O) groups excluding carboxylic acids is 2. The van der Waals surface area contributed by atoms with E-state index in [2.05, 4.69) is 10.1 Å². The first-order valence-corrected chi connectivity index (χ1v) is 5.71. The van der Waals surface area contributed by atoms with Crippen LogP contribution in [0.15, 0.2) is 18.2 Å². The molecule has 0 radical (unpaired) electrons. The lowest BCUT2D eigenvalue weighted by molar-refractivity contribution is -0.144. The first-order chi connectivity index (χ1) is 8.88. The summed E-state index contributed by atoms with van der Waals surface area (Å²) in [5.74, 6) is -3.89. The average molecular weight is 271 g/mol. The van der Waals surface area contributed by atoms with E-state index in [4.69, 9.17) is 0 Å². The number of amides is 1. The second-order valence-electron chi connectivity index (χ2n) is 4.31. The molecule has 0 aliphatic carbocycles. The van der Waals surface area contributed by atoms with E-state index in [0.717, 1.165) is 18.2 Å². The van der Waals surface area contributed by atoms with Crippen LogP contribution >= 0.6 is 0 Å². The molecule has 0 aliphatic heterocycles. The molecule has 0 fully saturated rings. The molecule has 1 amide bonds. The molecule has 104 valence electrons. The van der Waals surface area contributed by atoms with Gasteiger partial charge in [-0.15, -0.1) is 0 Å². The van der Waals surface area contributed by atoms with Gasteiger partial charge >= 0.3 is 5.97 Å². The van der Waals surface area contributed by atoms with Crippen LogP contribution in [0.1, 0.15) is 24.2 Å². The smallest absolute Gasteiger partial charge is 0.328 e. The van der Waals surface area contributed by atoms with Crippen molar-refractivity contribution in [3.05, 3.63) is 35.4 Å². The number of methoxy groups -OCH3 is 1. The minimum Gasteiger partial charge on any atom is -0.467 e. The summed E-state index contributed by atoms with van der Waals surface area (Å²) in [4.78, 5) is 23.3. The van der Waals surface area contributed by atoms with Crippen LogP contribution < -0.4 is 5.32 Å². The Morgan fingerprint density at radius 2 is 1.74 bits per heavy atom. The second kappa shape index (κ2) is 6.26. The van der Waals surface area contributed by atoms with Crippen molar-refractivity contribution in [3.63, 3.8) is 0 Å². The lowest BCUT2D eigenvalue weighted by Gasteiger charge is -2.20. The standard InChI is InChI=1S/C13H15F2NO3/c1-7(2)11(13(18)19-3)16-12(17)10-8(14)5-4-6-9(10)15/h4-7,11H,1-3H3,(H,16,17)/t11-/m0/s1. The van der Waals surface area contributed by atoms with Crippen LogP contribution in [0.25, 0.3) is 0 Å². The molecule has 1 atom stereocenters. The first-order valence-electron chi connectivity index (χ1n) is 5.71. The van der Waals surface area contributed by atoms with Crippen LogP contribution in [-0.4, -0.2) is 25.0 Å². The minimum absolute atomic E-state index is 0.272. The van der Waals surface area contributed by atoms with E-state index < -0.39 is 35.1 Å². The highest BCUT2D eigenvalue weighted by atomic mass is 19.1. The van der Waals surface area contributed by atoms with E-state index in [1.165, 1.54) is 7.11 Å². The molecule has 0 heterocycles. The van der Waals surface area contributed by atoms with Crippen molar-refractivity contribution in [3.8, 4) is 0 Å². The zero-order valence-electron chi connectivity index (χ0n) is 10.9. The molecule has 1 rings (SSSR count). The lowest BCUT2D eigenvalue weighted by Crippen LogP contribution is -2.45. The van der Waals surface area contributed by atoms with E-state index in [1.54, 1.807) is 13.8 Å². The summed E-state index contributed by atoms with van der Waals surface area (Å²) in [7, 11) is 1.17. The molecule has 1 aromatic rings. The first kappa shape index (κ1) is 15.1. The van der Waals surface area contributed by atoms with Gasteiger partial charge in [0.15, 0.2) is 0 Å². The number of hydrogen-bond donors (Lipinski definition) is 1. The molecule has 1 aromatic carbocycles. The third-order valence-corrected chi connectivity index (χ3v) is 2.60. The zero-order valence-corrected chi connectivity index (χ0v) is 10.9. The van der Waals surface area contributed by atoms with Gasteiger partial charge in [-0.25, -0.2) is 13.6 Å². The summed E-state index contributed by atoms with van der Waals surface area (Å²) in [5.41, 5.74) is -0.711. The molecular weight excluding hydrogens is 256 g/mol. The van der Waals surface area contributed by atoms with E-state index in [-0.39, 0.29) is 5.92 Å². The van der Waals surface area contributed by atoms with Crippen molar-refractivity contribution in [2.45, 2.75) is 19.9 Å². The number of halogens is 2. The summed E-state index contributed by atoms with van der Waals surface area (Å²) in [6, 6.07) is 2.14. The Labute approximate surface area is 109 Å². The van der Waals surface area contributed by atoms with Crippen molar-refractivity contribution >= 4 is 11.9 Å². The number of ether oxygens (including phenoxy) is 1.